The van der Waals surface area contributed by atoms with Crippen molar-refractivity contribution >= 4 is 33.7 Å². The summed E-state index contributed by atoms with van der Waals surface area (Å²) in [4.78, 5) is 11.0. The van der Waals surface area contributed by atoms with Crippen LogP contribution in [-0.2, 0) is 6.54 Å². The van der Waals surface area contributed by atoms with E-state index in [4.69, 9.17) is 5.11 Å². The molecule has 0 unspecified atom stereocenters. The first-order valence-corrected chi connectivity index (χ1v) is 6.72. The number of hydrogen-bond acceptors (Lipinski definition) is 2. The van der Waals surface area contributed by atoms with Crippen LogP contribution in [0.1, 0.15) is 23.3 Å². The van der Waals surface area contributed by atoms with Gasteiger partial charge >= 0.3 is 5.97 Å². The smallest absolute Gasteiger partial charge is 0.352 e. The maximum absolute atomic E-state index is 11.0. The number of rotatable bonds is 4. The highest BCUT2D eigenvalue weighted by Crippen LogP contribution is 2.48. The van der Waals surface area contributed by atoms with E-state index in [1.807, 2.05) is 22.5 Å². The molecule has 3 nitrogen and oxygen atoms in total. The number of hydrogen-bond donors (Lipinski definition) is 1. The Morgan fingerprint density at radius 3 is 2.87 bits per heavy atom. The maximum atomic E-state index is 11.0. The summed E-state index contributed by atoms with van der Waals surface area (Å²) in [6.07, 6.45) is 6.30. The molecule has 0 spiro atoms. The van der Waals surface area contributed by atoms with Crippen molar-refractivity contribution in [3.8, 4) is 0 Å². The summed E-state index contributed by atoms with van der Waals surface area (Å²) in [6, 6.07) is 1.65. The van der Waals surface area contributed by atoms with Crippen LogP contribution in [0.15, 0.2) is 16.7 Å². The number of aromatic carboxylic acids is 1. The minimum absolute atomic E-state index is 0.280. The minimum Gasteiger partial charge on any atom is -0.477 e. The third-order valence-corrected chi connectivity index (χ3v) is 4.62. The Morgan fingerprint density at radius 1 is 1.73 bits per heavy atom. The summed E-state index contributed by atoms with van der Waals surface area (Å²) < 4.78 is 2.94. The van der Waals surface area contributed by atoms with Crippen molar-refractivity contribution in [2.75, 3.05) is 6.26 Å². The Labute approximate surface area is 101 Å². The Morgan fingerprint density at radius 2 is 2.40 bits per heavy atom. The zero-order valence-electron chi connectivity index (χ0n) is 8.36. The molecule has 0 radical (unpaired) electrons. The van der Waals surface area contributed by atoms with Crippen molar-refractivity contribution in [1.82, 2.24) is 4.57 Å². The molecule has 1 aliphatic rings. The molecule has 1 aromatic heterocycles. The van der Waals surface area contributed by atoms with Crippen LogP contribution in [0.3, 0.4) is 0 Å². The SMILES string of the molecule is CSC1(Cn2cc(Br)cc2C(=O)O)CC1. The third-order valence-electron chi connectivity index (χ3n) is 2.78. The van der Waals surface area contributed by atoms with Crippen molar-refractivity contribution in [1.29, 1.82) is 0 Å². The molecule has 0 saturated heterocycles. The van der Waals surface area contributed by atoms with Crippen LogP contribution in [0.25, 0.3) is 0 Å². The van der Waals surface area contributed by atoms with E-state index in [0.717, 1.165) is 11.0 Å². The van der Waals surface area contributed by atoms with E-state index in [0.29, 0.717) is 5.69 Å². The van der Waals surface area contributed by atoms with E-state index in [2.05, 4.69) is 22.2 Å². The molecule has 0 atom stereocenters. The van der Waals surface area contributed by atoms with Gasteiger partial charge in [-0.05, 0) is 41.1 Å². The summed E-state index contributed by atoms with van der Waals surface area (Å²) in [6.45, 7) is 0.793. The van der Waals surface area contributed by atoms with Gasteiger partial charge in [0.25, 0.3) is 0 Å². The normalized spacial score (nSPS) is 17.7. The standard InChI is InChI=1S/C10H12BrNO2S/c1-15-10(2-3-10)6-12-5-7(11)4-8(12)9(13)14/h4-5H,2-3,6H2,1H3,(H,13,14). The maximum Gasteiger partial charge on any atom is 0.352 e. The van der Waals surface area contributed by atoms with Gasteiger partial charge in [0, 0.05) is 22.0 Å². The number of carbonyl (C=O) groups is 1. The van der Waals surface area contributed by atoms with Gasteiger partial charge in [-0.25, -0.2) is 4.79 Å². The molecule has 0 aliphatic heterocycles. The lowest BCUT2D eigenvalue weighted by atomic mass is 10.3. The molecule has 1 aromatic rings. The van der Waals surface area contributed by atoms with E-state index >= 15 is 0 Å². The average Bonchev–Trinajstić information content (AvgIpc) is 2.84. The van der Waals surface area contributed by atoms with Crippen molar-refractivity contribution in [3.05, 3.63) is 22.4 Å². The van der Waals surface area contributed by atoms with Gasteiger partial charge < -0.3 is 9.67 Å². The largest absolute Gasteiger partial charge is 0.477 e. The van der Waals surface area contributed by atoms with Gasteiger partial charge in [-0.2, -0.15) is 11.8 Å². The highest BCUT2D eigenvalue weighted by molar-refractivity contribution is 9.10. The van der Waals surface area contributed by atoms with Crippen molar-refractivity contribution in [2.24, 2.45) is 0 Å². The lowest BCUT2D eigenvalue weighted by Gasteiger charge is -2.14. The fourth-order valence-corrected chi connectivity index (χ4v) is 2.90. The Kier molecular flexibility index (Phi) is 2.85. The van der Waals surface area contributed by atoms with Crippen LogP contribution < -0.4 is 0 Å². The first-order chi connectivity index (χ1) is 7.06. The predicted molar refractivity (Wildman–Crippen MR) is 64.6 cm³/mol. The molecular weight excluding hydrogens is 278 g/mol. The van der Waals surface area contributed by atoms with Gasteiger partial charge in [-0.3, -0.25) is 0 Å². The van der Waals surface area contributed by atoms with E-state index in [1.54, 1.807) is 6.07 Å². The second kappa shape index (κ2) is 3.87. The Bertz CT molecular complexity index is 398. The first-order valence-electron chi connectivity index (χ1n) is 4.70. The molecule has 1 aliphatic carbocycles. The number of thioether (sulfide) groups is 1. The lowest BCUT2D eigenvalue weighted by molar-refractivity contribution is 0.0685. The molecule has 82 valence electrons. The van der Waals surface area contributed by atoms with Gasteiger partial charge in [0.2, 0.25) is 0 Å². The molecule has 1 fully saturated rings. The summed E-state index contributed by atoms with van der Waals surface area (Å²) in [5, 5.41) is 9.02. The van der Waals surface area contributed by atoms with Crippen LogP contribution >= 0.6 is 27.7 Å². The van der Waals surface area contributed by atoms with E-state index in [9.17, 15) is 4.79 Å². The van der Waals surface area contributed by atoms with Gasteiger partial charge in [-0.15, -0.1) is 0 Å². The van der Waals surface area contributed by atoms with Crippen LogP contribution in [0.2, 0.25) is 0 Å². The molecule has 0 aromatic carbocycles. The van der Waals surface area contributed by atoms with Gasteiger partial charge in [0.15, 0.2) is 0 Å². The summed E-state index contributed by atoms with van der Waals surface area (Å²) in [5.41, 5.74) is 0.363. The average molecular weight is 290 g/mol. The van der Waals surface area contributed by atoms with Crippen molar-refractivity contribution in [3.63, 3.8) is 0 Å². The number of carboxylic acid groups (broad SMARTS) is 1. The number of halogens is 1. The Balaban J connectivity index is 2.24. The van der Waals surface area contributed by atoms with E-state index < -0.39 is 5.97 Å². The second-order valence-electron chi connectivity index (χ2n) is 3.86. The molecule has 0 amide bonds. The van der Waals surface area contributed by atoms with E-state index in [-0.39, 0.29) is 4.75 Å². The molecule has 5 heteroatoms. The van der Waals surface area contributed by atoms with Crippen molar-refractivity contribution in [2.45, 2.75) is 24.1 Å². The molecule has 1 N–H and O–H groups in total. The highest BCUT2D eigenvalue weighted by atomic mass is 79.9. The third kappa shape index (κ3) is 2.23. The zero-order chi connectivity index (χ0) is 11.1. The quantitative estimate of drug-likeness (QED) is 0.927. The van der Waals surface area contributed by atoms with Gasteiger partial charge in [-0.1, -0.05) is 0 Å². The molecule has 1 saturated carbocycles. The van der Waals surface area contributed by atoms with Crippen LogP contribution in [0.4, 0.5) is 0 Å². The van der Waals surface area contributed by atoms with Crippen LogP contribution in [-0.4, -0.2) is 26.6 Å². The molecular formula is C10H12BrNO2S. The fraction of sp³-hybridized carbons (Fsp3) is 0.500. The Hall–Kier alpha value is -0.420. The molecule has 15 heavy (non-hydrogen) atoms. The van der Waals surface area contributed by atoms with Crippen LogP contribution in [0, 0.1) is 0 Å². The first kappa shape index (κ1) is 11.1. The van der Waals surface area contributed by atoms with E-state index in [1.165, 1.54) is 12.8 Å². The second-order valence-corrected chi connectivity index (χ2v) is 6.05. The van der Waals surface area contributed by atoms with Crippen LogP contribution in [0.5, 0.6) is 0 Å². The number of nitrogens with zero attached hydrogens (tertiary/aromatic N) is 1. The molecule has 2 rings (SSSR count). The summed E-state index contributed by atoms with van der Waals surface area (Å²) in [7, 11) is 0. The topological polar surface area (TPSA) is 42.2 Å². The number of aromatic nitrogens is 1. The monoisotopic (exact) mass is 289 g/mol. The number of carboxylic acids is 1. The summed E-state index contributed by atoms with van der Waals surface area (Å²) in [5.74, 6) is -0.863. The predicted octanol–water partition coefficient (Wildman–Crippen LogP) is 2.84. The molecule has 0 bridgehead atoms. The minimum atomic E-state index is -0.863. The molecule has 1 heterocycles. The van der Waals surface area contributed by atoms with Gasteiger partial charge in [0.05, 0.1) is 0 Å². The highest BCUT2D eigenvalue weighted by Gasteiger charge is 2.42. The van der Waals surface area contributed by atoms with Gasteiger partial charge in [0.1, 0.15) is 5.69 Å². The summed E-state index contributed by atoms with van der Waals surface area (Å²) >= 11 is 5.14. The van der Waals surface area contributed by atoms with Crippen molar-refractivity contribution < 1.29 is 9.90 Å². The fourth-order valence-electron chi connectivity index (χ4n) is 1.66. The lowest BCUT2D eigenvalue weighted by Crippen LogP contribution is -2.17. The zero-order valence-corrected chi connectivity index (χ0v) is 10.8.